The van der Waals surface area contributed by atoms with Crippen LogP contribution in [0.4, 0.5) is 5.69 Å². The van der Waals surface area contributed by atoms with Crippen molar-refractivity contribution in [3.63, 3.8) is 0 Å². The molecule has 0 aliphatic rings. The maximum absolute atomic E-state index is 12.2. The van der Waals surface area contributed by atoms with E-state index in [2.05, 4.69) is 10.3 Å². The van der Waals surface area contributed by atoms with Gasteiger partial charge in [-0.3, -0.25) is 4.79 Å². The fourth-order valence-electron chi connectivity index (χ4n) is 1.63. The third-order valence-electron chi connectivity index (χ3n) is 2.65. The van der Waals surface area contributed by atoms with Crippen molar-refractivity contribution in [3.05, 3.63) is 45.4 Å². The summed E-state index contributed by atoms with van der Waals surface area (Å²) in [6.45, 7) is 3.81. The van der Waals surface area contributed by atoms with Gasteiger partial charge in [-0.15, -0.1) is 11.3 Å². The number of rotatable bonds is 3. The number of anilines is 1. The molecule has 100 valence electrons. The van der Waals surface area contributed by atoms with Crippen LogP contribution in [0.2, 0.25) is 5.02 Å². The predicted molar refractivity (Wildman–Crippen MR) is 78.5 cm³/mol. The van der Waals surface area contributed by atoms with Crippen molar-refractivity contribution in [1.82, 2.24) is 10.3 Å². The van der Waals surface area contributed by atoms with Crippen LogP contribution < -0.4 is 11.1 Å². The lowest BCUT2D eigenvalue weighted by atomic mass is 10.1. The Labute approximate surface area is 120 Å². The standard InChI is InChI=1S/C13H14ClN3OS/c1-13(2,12-16-5-6-19-12)17-11(18)8-3-4-9(14)10(15)7-8/h3-7H,15H2,1-2H3,(H,17,18). The number of benzene rings is 1. The Morgan fingerprint density at radius 2 is 2.21 bits per heavy atom. The van der Waals surface area contributed by atoms with E-state index >= 15 is 0 Å². The Morgan fingerprint density at radius 1 is 1.47 bits per heavy atom. The van der Waals surface area contributed by atoms with Gasteiger partial charge in [-0.25, -0.2) is 4.98 Å². The fourth-order valence-corrected chi connectivity index (χ4v) is 2.46. The van der Waals surface area contributed by atoms with E-state index in [1.807, 2.05) is 19.2 Å². The predicted octanol–water partition coefficient (Wildman–Crippen LogP) is 3.04. The number of nitrogens with zero attached hydrogens (tertiary/aromatic N) is 1. The van der Waals surface area contributed by atoms with E-state index in [1.54, 1.807) is 24.4 Å². The molecule has 0 fully saturated rings. The van der Waals surface area contributed by atoms with Crippen LogP contribution in [0, 0.1) is 0 Å². The van der Waals surface area contributed by atoms with E-state index in [9.17, 15) is 4.79 Å². The Bertz CT molecular complexity index is 596. The van der Waals surface area contributed by atoms with Crippen LogP contribution in [0.3, 0.4) is 0 Å². The maximum atomic E-state index is 12.2. The van der Waals surface area contributed by atoms with Gasteiger partial charge in [0, 0.05) is 17.1 Å². The molecule has 0 spiro atoms. The number of amides is 1. The first-order chi connectivity index (χ1) is 8.90. The molecule has 0 unspecified atom stereocenters. The minimum atomic E-state index is -0.528. The molecular weight excluding hydrogens is 282 g/mol. The average Bonchev–Trinajstić information content (AvgIpc) is 2.86. The number of nitrogens with two attached hydrogens (primary N) is 1. The van der Waals surface area contributed by atoms with Crippen LogP contribution in [-0.2, 0) is 5.54 Å². The summed E-state index contributed by atoms with van der Waals surface area (Å²) in [6, 6.07) is 4.82. The molecule has 2 aromatic rings. The highest BCUT2D eigenvalue weighted by atomic mass is 35.5. The lowest BCUT2D eigenvalue weighted by Crippen LogP contribution is -2.40. The van der Waals surface area contributed by atoms with Crippen LogP contribution >= 0.6 is 22.9 Å². The number of carbonyl (C=O) groups excluding carboxylic acids is 1. The summed E-state index contributed by atoms with van der Waals surface area (Å²) < 4.78 is 0. The Morgan fingerprint density at radius 3 is 2.79 bits per heavy atom. The summed E-state index contributed by atoms with van der Waals surface area (Å²) in [7, 11) is 0. The number of hydrogen-bond donors (Lipinski definition) is 2. The Hall–Kier alpha value is -1.59. The molecule has 0 bridgehead atoms. The average molecular weight is 296 g/mol. The van der Waals surface area contributed by atoms with Gasteiger partial charge in [-0.2, -0.15) is 0 Å². The Balaban J connectivity index is 2.19. The van der Waals surface area contributed by atoms with Crippen molar-refractivity contribution in [3.8, 4) is 0 Å². The molecule has 0 aliphatic carbocycles. The second kappa shape index (κ2) is 5.19. The van der Waals surface area contributed by atoms with Gasteiger partial charge in [-0.05, 0) is 32.0 Å². The van der Waals surface area contributed by atoms with Gasteiger partial charge in [0.25, 0.3) is 5.91 Å². The summed E-state index contributed by atoms with van der Waals surface area (Å²) >= 11 is 7.34. The van der Waals surface area contributed by atoms with Crippen molar-refractivity contribution in [2.45, 2.75) is 19.4 Å². The molecule has 0 saturated carbocycles. The van der Waals surface area contributed by atoms with E-state index in [4.69, 9.17) is 17.3 Å². The third kappa shape index (κ3) is 3.05. The minimum Gasteiger partial charge on any atom is -0.398 e. The molecule has 19 heavy (non-hydrogen) atoms. The summed E-state index contributed by atoms with van der Waals surface area (Å²) in [4.78, 5) is 16.4. The van der Waals surface area contributed by atoms with Crippen molar-refractivity contribution in [2.24, 2.45) is 0 Å². The van der Waals surface area contributed by atoms with Crippen LogP contribution in [0.1, 0.15) is 29.2 Å². The molecule has 4 nitrogen and oxygen atoms in total. The van der Waals surface area contributed by atoms with Gasteiger partial charge >= 0.3 is 0 Å². The first-order valence-corrected chi connectivity index (χ1v) is 6.93. The fraction of sp³-hybridized carbons (Fsp3) is 0.231. The summed E-state index contributed by atoms with van der Waals surface area (Å²) in [5.74, 6) is -0.205. The molecular formula is C13H14ClN3OS. The summed E-state index contributed by atoms with van der Waals surface area (Å²) in [6.07, 6.45) is 1.72. The summed E-state index contributed by atoms with van der Waals surface area (Å²) in [5.41, 5.74) is 6.03. The second-order valence-electron chi connectivity index (χ2n) is 4.65. The number of nitrogens with one attached hydrogen (secondary N) is 1. The molecule has 1 heterocycles. The van der Waals surface area contributed by atoms with Gasteiger partial charge in [-0.1, -0.05) is 11.6 Å². The normalized spacial score (nSPS) is 11.3. The van der Waals surface area contributed by atoms with E-state index in [0.29, 0.717) is 16.3 Å². The van der Waals surface area contributed by atoms with Gasteiger partial charge in [0.15, 0.2) is 0 Å². The maximum Gasteiger partial charge on any atom is 0.252 e. The minimum absolute atomic E-state index is 0.205. The first kappa shape index (κ1) is 13.8. The zero-order valence-corrected chi connectivity index (χ0v) is 12.2. The van der Waals surface area contributed by atoms with Crippen LogP contribution in [0.5, 0.6) is 0 Å². The zero-order chi connectivity index (χ0) is 14.0. The second-order valence-corrected chi connectivity index (χ2v) is 5.95. The van der Waals surface area contributed by atoms with Crippen LogP contribution in [0.25, 0.3) is 0 Å². The molecule has 2 rings (SSSR count). The van der Waals surface area contributed by atoms with E-state index in [-0.39, 0.29) is 5.91 Å². The molecule has 0 saturated heterocycles. The monoisotopic (exact) mass is 295 g/mol. The third-order valence-corrected chi connectivity index (χ3v) is 4.09. The lowest BCUT2D eigenvalue weighted by molar-refractivity contribution is 0.0912. The summed E-state index contributed by atoms with van der Waals surface area (Å²) in [5, 5.41) is 6.10. The highest BCUT2D eigenvalue weighted by Gasteiger charge is 2.26. The van der Waals surface area contributed by atoms with Crippen molar-refractivity contribution < 1.29 is 4.79 Å². The molecule has 1 amide bonds. The molecule has 3 N–H and O–H groups in total. The zero-order valence-electron chi connectivity index (χ0n) is 10.6. The molecule has 0 radical (unpaired) electrons. The smallest absolute Gasteiger partial charge is 0.252 e. The van der Waals surface area contributed by atoms with Gasteiger partial charge < -0.3 is 11.1 Å². The van der Waals surface area contributed by atoms with Gasteiger partial charge in [0.2, 0.25) is 0 Å². The number of carbonyl (C=O) groups is 1. The lowest BCUT2D eigenvalue weighted by Gasteiger charge is -2.23. The molecule has 1 aromatic heterocycles. The van der Waals surface area contributed by atoms with Crippen molar-refractivity contribution >= 4 is 34.5 Å². The number of aromatic nitrogens is 1. The largest absolute Gasteiger partial charge is 0.398 e. The molecule has 0 aliphatic heterocycles. The van der Waals surface area contributed by atoms with Crippen molar-refractivity contribution in [2.75, 3.05) is 5.73 Å². The molecule has 6 heteroatoms. The van der Waals surface area contributed by atoms with E-state index in [1.165, 1.54) is 11.3 Å². The van der Waals surface area contributed by atoms with Gasteiger partial charge in [0.1, 0.15) is 5.01 Å². The van der Waals surface area contributed by atoms with Crippen LogP contribution in [-0.4, -0.2) is 10.9 Å². The number of halogens is 1. The number of hydrogen-bond acceptors (Lipinski definition) is 4. The van der Waals surface area contributed by atoms with E-state index in [0.717, 1.165) is 5.01 Å². The van der Waals surface area contributed by atoms with E-state index < -0.39 is 5.54 Å². The molecule has 1 aromatic carbocycles. The van der Waals surface area contributed by atoms with Gasteiger partial charge in [0.05, 0.1) is 16.2 Å². The van der Waals surface area contributed by atoms with Crippen LogP contribution in [0.15, 0.2) is 29.8 Å². The highest BCUT2D eigenvalue weighted by molar-refractivity contribution is 7.09. The first-order valence-electron chi connectivity index (χ1n) is 5.67. The Kier molecular flexibility index (Phi) is 3.78. The number of nitrogen functional groups attached to an aromatic ring is 1. The topological polar surface area (TPSA) is 68.0 Å². The number of thiazole rings is 1. The highest BCUT2D eigenvalue weighted by Crippen LogP contribution is 2.24. The SMILES string of the molecule is CC(C)(NC(=O)c1ccc(Cl)c(N)c1)c1nccs1. The molecule has 0 atom stereocenters. The quantitative estimate of drug-likeness (QED) is 0.855. The van der Waals surface area contributed by atoms with Crippen molar-refractivity contribution in [1.29, 1.82) is 0 Å².